The number of hydrogen-bond acceptors (Lipinski definition) is 5. The van der Waals surface area contributed by atoms with E-state index in [-0.39, 0.29) is 6.61 Å². The molecular weight excluding hydrogens is 196 g/mol. The minimum atomic E-state index is -0.878. The zero-order valence-electron chi connectivity index (χ0n) is 7.83. The van der Waals surface area contributed by atoms with Gasteiger partial charge in [-0.3, -0.25) is 0 Å². The van der Waals surface area contributed by atoms with Crippen LogP contribution in [0.15, 0.2) is 24.3 Å². The van der Waals surface area contributed by atoms with E-state index in [2.05, 4.69) is 20.6 Å². The SMILES string of the molecule is OCC(O)c1cccc(-c2nn[nH]n2)c1. The molecule has 1 aromatic carbocycles. The highest BCUT2D eigenvalue weighted by atomic mass is 16.3. The van der Waals surface area contributed by atoms with E-state index in [0.29, 0.717) is 11.4 Å². The number of nitrogens with one attached hydrogen (secondary N) is 1. The average molecular weight is 206 g/mol. The summed E-state index contributed by atoms with van der Waals surface area (Å²) in [7, 11) is 0. The predicted molar refractivity (Wildman–Crippen MR) is 51.7 cm³/mol. The van der Waals surface area contributed by atoms with Gasteiger partial charge in [0.05, 0.1) is 6.61 Å². The number of benzene rings is 1. The number of rotatable bonds is 3. The van der Waals surface area contributed by atoms with Gasteiger partial charge >= 0.3 is 0 Å². The molecule has 0 fully saturated rings. The molecule has 78 valence electrons. The second-order valence-electron chi connectivity index (χ2n) is 3.06. The van der Waals surface area contributed by atoms with Crippen LogP contribution in [0.1, 0.15) is 11.7 Å². The Morgan fingerprint density at radius 2 is 2.27 bits per heavy atom. The first-order valence-corrected chi connectivity index (χ1v) is 4.44. The van der Waals surface area contributed by atoms with Crippen molar-refractivity contribution in [3.8, 4) is 11.4 Å². The van der Waals surface area contributed by atoms with Crippen LogP contribution < -0.4 is 0 Å². The molecule has 0 saturated heterocycles. The number of aromatic nitrogens is 4. The molecule has 6 nitrogen and oxygen atoms in total. The highest BCUT2D eigenvalue weighted by molar-refractivity contribution is 5.55. The summed E-state index contributed by atoms with van der Waals surface area (Å²) in [6.45, 7) is -0.310. The van der Waals surface area contributed by atoms with E-state index in [1.54, 1.807) is 24.3 Å². The highest BCUT2D eigenvalue weighted by Gasteiger charge is 2.08. The van der Waals surface area contributed by atoms with Gasteiger partial charge in [-0.05, 0) is 16.8 Å². The van der Waals surface area contributed by atoms with Crippen molar-refractivity contribution in [1.82, 2.24) is 20.6 Å². The summed E-state index contributed by atoms with van der Waals surface area (Å²) in [6.07, 6.45) is -0.878. The zero-order valence-corrected chi connectivity index (χ0v) is 7.83. The maximum atomic E-state index is 9.44. The van der Waals surface area contributed by atoms with E-state index < -0.39 is 6.10 Å². The molecule has 6 heteroatoms. The van der Waals surface area contributed by atoms with Crippen LogP contribution in [0.2, 0.25) is 0 Å². The number of hydrogen-bond donors (Lipinski definition) is 3. The van der Waals surface area contributed by atoms with Crippen LogP contribution in [0.3, 0.4) is 0 Å². The molecule has 1 atom stereocenters. The lowest BCUT2D eigenvalue weighted by molar-refractivity contribution is 0.0956. The summed E-state index contributed by atoms with van der Waals surface area (Å²) >= 11 is 0. The van der Waals surface area contributed by atoms with E-state index in [4.69, 9.17) is 5.11 Å². The fourth-order valence-electron chi connectivity index (χ4n) is 1.27. The normalized spacial score (nSPS) is 12.7. The van der Waals surface area contributed by atoms with Crippen LogP contribution in [-0.4, -0.2) is 37.4 Å². The van der Waals surface area contributed by atoms with Crippen molar-refractivity contribution in [2.45, 2.75) is 6.10 Å². The molecular formula is C9H10N4O2. The van der Waals surface area contributed by atoms with Gasteiger partial charge in [0.15, 0.2) is 0 Å². The van der Waals surface area contributed by atoms with Gasteiger partial charge in [-0.15, -0.1) is 10.2 Å². The van der Waals surface area contributed by atoms with Crippen LogP contribution in [0.5, 0.6) is 0 Å². The largest absolute Gasteiger partial charge is 0.393 e. The molecule has 0 aliphatic rings. The molecule has 0 aliphatic heterocycles. The van der Waals surface area contributed by atoms with Crippen molar-refractivity contribution in [3.63, 3.8) is 0 Å². The first-order valence-electron chi connectivity index (χ1n) is 4.44. The van der Waals surface area contributed by atoms with Crippen molar-refractivity contribution in [1.29, 1.82) is 0 Å². The summed E-state index contributed by atoms with van der Waals surface area (Å²) in [4.78, 5) is 0. The monoisotopic (exact) mass is 206 g/mol. The first-order chi connectivity index (χ1) is 7.31. The first kappa shape index (κ1) is 9.75. The smallest absolute Gasteiger partial charge is 0.204 e. The molecule has 0 radical (unpaired) electrons. The summed E-state index contributed by atoms with van der Waals surface area (Å²) in [5.41, 5.74) is 1.37. The third kappa shape index (κ3) is 2.00. The van der Waals surface area contributed by atoms with E-state index in [0.717, 1.165) is 5.56 Å². The van der Waals surface area contributed by atoms with E-state index in [1.165, 1.54) is 0 Å². The topological polar surface area (TPSA) is 94.9 Å². The van der Waals surface area contributed by atoms with Gasteiger partial charge in [-0.25, -0.2) is 0 Å². The van der Waals surface area contributed by atoms with Crippen molar-refractivity contribution >= 4 is 0 Å². The lowest BCUT2D eigenvalue weighted by Gasteiger charge is -2.07. The number of H-pyrrole nitrogens is 1. The molecule has 15 heavy (non-hydrogen) atoms. The average Bonchev–Trinajstić information content (AvgIpc) is 2.82. The minimum absolute atomic E-state index is 0.310. The number of aliphatic hydroxyl groups is 2. The van der Waals surface area contributed by atoms with Gasteiger partial charge < -0.3 is 10.2 Å². The molecule has 0 aliphatic carbocycles. The van der Waals surface area contributed by atoms with Crippen LogP contribution in [0, 0.1) is 0 Å². The summed E-state index contributed by atoms with van der Waals surface area (Å²) < 4.78 is 0. The molecule has 0 saturated carbocycles. The molecule has 3 N–H and O–H groups in total. The Balaban J connectivity index is 2.35. The summed E-state index contributed by atoms with van der Waals surface area (Å²) in [5.74, 6) is 0.460. The Hall–Kier alpha value is -1.79. The third-order valence-corrected chi connectivity index (χ3v) is 2.05. The molecule has 0 bridgehead atoms. The van der Waals surface area contributed by atoms with E-state index in [9.17, 15) is 5.11 Å². The standard InChI is InChI=1S/C9H10N4O2/c14-5-8(15)6-2-1-3-7(4-6)9-10-12-13-11-9/h1-4,8,14-15H,5H2,(H,10,11,12,13). The molecule has 2 rings (SSSR count). The molecule has 2 aromatic rings. The lowest BCUT2D eigenvalue weighted by Crippen LogP contribution is -2.02. The maximum Gasteiger partial charge on any atom is 0.204 e. The number of aliphatic hydroxyl groups excluding tert-OH is 2. The second-order valence-corrected chi connectivity index (χ2v) is 3.06. The number of tetrazole rings is 1. The van der Waals surface area contributed by atoms with Crippen molar-refractivity contribution in [2.24, 2.45) is 0 Å². The van der Waals surface area contributed by atoms with Gasteiger partial charge in [0, 0.05) is 5.56 Å². The van der Waals surface area contributed by atoms with Crippen LogP contribution in [-0.2, 0) is 0 Å². The summed E-state index contributed by atoms with van der Waals surface area (Å²) in [6, 6.07) is 7.01. The fourth-order valence-corrected chi connectivity index (χ4v) is 1.27. The Morgan fingerprint density at radius 1 is 1.40 bits per heavy atom. The molecule has 1 unspecified atom stereocenters. The number of nitrogens with zero attached hydrogens (tertiary/aromatic N) is 3. The minimum Gasteiger partial charge on any atom is -0.393 e. The van der Waals surface area contributed by atoms with Crippen molar-refractivity contribution in [3.05, 3.63) is 29.8 Å². The van der Waals surface area contributed by atoms with Gasteiger partial charge in [0.1, 0.15) is 6.10 Å². The van der Waals surface area contributed by atoms with Gasteiger partial charge in [-0.2, -0.15) is 5.21 Å². The van der Waals surface area contributed by atoms with E-state index in [1.807, 2.05) is 0 Å². The Labute approximate surface area is 85.6 Å². The van der Waals surface area contributed by atoms with E-state index >= 15 is 0 Å². The van der Waals surface area contributed by atoms with Gasteiger partial charge in [-0.1, -0.05) is 18.2 Å². The van der Waals surface area contributed by atoms with Gasteiger partial charge in [0.2, 0.25) is 5.82 Å². The Morgan fingerprint density at radius 3 is 2.93 bits per heavy atom. The molecule has 1 aromatic heterocycles. The maximum absolute atomic E-state index is 9.44. The van der Waals surface area contributed by atoms with Gasteiger partial charge in [0.25, 0.3) is 0 Å². The van der Waals surface area contributed by atoms with Crippen LogP contribution in [0.25, 0.3) is 11.4 Å². The third-order valence-electron chi connectivity index (χ3n) is 2.05. The van der Waals surface area contributed by atoms with Crippen molar-refractivity contribution in [2.75, 3.05) is 6.61 Å². The molecule has 0 spiro atoms. The number of aromatic amines is 1. The van der Waals surface area contributed by atoms with Crippen molar-refractivity contribution < 1.29 is 10.2 Å². The highest BCUT2D eigenvalue weighted by Crippen LogP contribution is 2.19. The molecule has 0 amide bonds. The second kappa shape index (κ2) is 4.16. The fraction of sp³-hybridized carbons (Fsp3) is 0.222. The Bertz CT molecular complexity index is 429. The van der Waals surface area contributed by atoms with Crippen LogP contribution in [0.4, 0.5) is 0 Å². The Kier molecular flexibility index (Phi) is 2.70. The molecule has 1 heterocycles. The predicted octanol–water partition coefficient (Wildman–Crippen LogP) is -0.108. The lowest BCUT2D eigenvalue weighted by atomic mass is 10.1. The zero-order chi connectivity index (χ0) is 10.7. The summed E-state index contributed by atoms with van der Waals surface area (Å²) in [5, 5.41) is 31.7. The quantitative estimate of drug-likeness (QED) is 0.651. The van der Waals surface area contributed by atoms with Crippen LogP contribution >= 0.6 is 0 Å².